The van der Waals surface area contributed by atoms with E-state index in [1.807, 2.05) is 44.2 Å². The molecule has 1 aromatic heterocycles. The molecule has 0 saturated heterocycles. The lowest BCUT2D eigenvalue weighted by Crippen LogP contribution is -2.25. The van der Waals surface area contributed by atoms with Crippen LogP contribution in [0, 0.1) is 0 Å². The summed E-state index contributed by atoms with van der Waals surface area (Å²) in [5.74, 6) is 0.00301. The summed E-state index contributed by atoms with van der Waals surface area (Å²) in [7, 11) is 1.72. The third-order valence-corrected chi connectivity index (χ3v) is 4.21. The highest BCUT2D eigenvalue weighted by atomic mass is 16.3. The van der Waals surface area contributed by atoms with E-state index in [4.69, 9.17) is 0 Å². The lowest BCUT2D eigenvalue weighted by atomic mass is 10.0. The predicted molar refractivity (Wildman–Crippen MR) is 93.2 cm³/mol. The highest BCUT2D eigenvalue weighted by Gasteiger charge is 2.20. The molecule has 0 aliphatic carbocycles. The Balaban J connectivity index is 2.33. The van der Waals surface area contributed by atoms with Crippen molar-refractivity contribution in [2.45, 2.75) is 26.3 Å². The van der Waals surface area contributed by atoms with Gasteiger partial charge in [-0.25, -0.2) is 0 Å². The van der Waals surface area contributed by atoms with Crippen molar-refractivity contribution in [2.75, 3.05) is 6.54 Å². The van der Waals surface area contributed by atoms with Crippen LogP contribution in [0.15, 0.2) is 45.8 Å². The molecule has 1 atom stereocenters. The average molecular weight is 311 g/mol. The largest absolute Gasteiger partial charge is 0.506 e. The van der Waals surface area contributed by atoms with Gasteiger partial charge in [0.05, 0.1) is 17.3 Å². The van der Waals surface area contributed by atoms with E-state index < -0.39 is 0 Å². The summed E-state index contributed by atoms with van der Waals surface area (Å²) in [6, 6.07) is 7.37. The van der Waals surface area contributed by atoms with Crippen LogP contribution in [0.1, 0.15) is 25.8 Å². The zero-order chi connectivity index (χ0) is 16.6. The molecular formula is C18H21N3O2. The number of pyridine rings is 1. The predicted octanol–water partition coefficient (Wildman–Crippen LogP) is 2.32. The van der Waals surface area contributed by atoms with Crippen molar-refractivity contribution >= 4 is 16.6 Å². The van der Waals surface area contributed by atoms with Gasteiger partial charge in [0.1, 0.15) is 11.3 Å². The number of aromatic nitrogens is 1. The molecule has 1 aliphatic heterocycles. The second-order valence-corrected chi connectivity index (χ2v) is 5.87. The fourth-order valence-corrected chi connectivity index (χ4v) is 2.89. The van der Waals surface area contributed by atoms with Gasteiger partial charge in [-0.3, -0.25) is 9.79 Å². The Labute approximate surface area is 135 Å². The molecule has 2 aromatic rings. The Morgan fingerprint density at radius 1 is 1.39 bits per heavy atom. The normalized spacial score (nSPS) is 18.1. The highest BCUT2D eigenvalue weighted by molar-refractivity contribution is 6.13. The summed E-state index contributed by atoms with van der Waals surface area (Å²) in [4.78, 5) is 17.4. The first kappa shape index (κ1) is 15.3. The van der Waals surface area contributed by atoms with Crippen molar-refractivity contribution in [3.63, 3.8) is 0 Å². The van der Waals surface area contributed by atoms with Crippen molar-refractivity contribution in [3.05, 3.63) is 52.0 Å². The zero-order valence-corrected chi connectivity index (χ0v) is 13.6. The van der Waals surface area contributed by atoms with E-state index in [9.17, 15) is 9.90 Å². The molecule has 23 heavy (non-hydrogen) atoms. The van der Waals surface area contributed by atoms with Crippen LogP contribution in [0.4, 0.5) is 0 Å². The smallest absolute Gasteiger partial charge is 0.264 e. The minimum atomic E-state index is -0.235. The lowest BCUT2D eigenvalue weighted by molar-refractivity contribution is 0.478. The number of hydrogen-bond donors (Lipinski definition) is 2. The lowest BCUT2D eigenvalue weighted by Gasteiger charge is -2.12. The summed E-state index contributed by atoms with van der Waals surface area (Å²) in [6.07, 6.45) is 2.69. The SMILES string of the molecule is CCC1=CC(c2c(O)c3ccccc3n(C)c2=O)=N[C@@H](C)CN1. The van der Waals surface area contributed by atoms with E-state index in [1.165, 1.54) is 0 Å². The van der Waals surface area contributed by atoms with Crippen LogP contribution in [0.2, 0.25) is 0 Å². The van der Waals surface area contributed by atoms with Gasteiger partial charge in [-0.15, -0.1) is 0 Å². The van der Waals surface area contributed by atoms with Crippen LogP contribution in [-0.4, -0.2) is 28.0 Å². The number of hydrogen-bond acceptors (Lipinski definition) is 4. The van der Waals surface area contributed by atoms with Gasteiger partial charge in [0.2, 0.25) is 0 Å². The number of aliphatic imine (C=N–C) groups is 1. The number of aromatic hydroxyl groups is 1. The zero-order valence-electron chi connectivity index (χ0n) is 13.6. The van der Waals surface area contributed by atoms with E-state index in [0.29, 0.717) is 16.6 Å². The molecule has 5 heteroatoms. The van der Waals surface area contributed by atoms with Crippen molar-refractivity contribution in [1.29, 1.82) is 0 Å². The first-order valence-corrected chi connectivity index (χ1v) is 7.86. The maximum Gasteiger partial charge on any atom is 0.264 e. The van der Waals surface area contributed by atoms with Crippen LogP contribution in [0.5, 0.6) is 5.75 Å². The van der Waals surface area contributed by atoms with Crippen molar-refractivity contribution < 1.29 is 5.11 Å². The Bertz CT molecular complexity index is 878. The van der Waals surface area contributed by atoms with Crippen LogP contribution in [0.3, 0.4) is 0 Å². The molecule has 0 fully saturated rings. The molecule has 0 spiro atoms. The molecule has 1 aliphatic rings. The van der Waals surface area contributed by atoms with Crippen molar-refractivity contribution in [2.24, 2.45) is 12.0 Å². The molecule has 5 nitrogen and oxygen atoms in total. The number of nitrogens with zero attached hydrogens (tertiary/aromatic N) is 2. The fraction of sp³-hybridized carbons (Fsp3) is 0.333. The van der Waals surface area contributed by atoms with Gasteiger partial charge < -0.3 is 15.0 Å². The Morgan fingerprint density at radius 3 is 2.87 bits per heavy atom. The second kappa shape index (κ2) is 5.91. The van der Waals surface area contributed by atoms with E-state index in [2.05, 4.69) is 10.3 Å². The van der Waals surface area contributed by atoms with Crippen LogP contribution < -0.4 is 10.9 Å². The number of rotatable bonds is 2. The topological polar surface area (TPSA) is 66.6 Å². The Kier molecular flexibility index (Phi) is 3.94. The minimum Gasteiger partial charge on any atom is -0.506 e. The quantitative estimate of drug-likeness (QED) is 0.894. The van der Waals surface area contributed by atoms with Gasteiger partial charge in [0, 0.05) is 24.7 Å². The highest BCUT2D eigenvalue weighted by Crippen LogP contribution is 2.27. The van der Waals surface area contributed by atoms with Gasteiger partial charge in [-0.05, 0) is 31.6 Å². The molecule has 0 amide bonds. The third-order valence-electron chi connectivity index (χ3n) is 4.21. The third kappa shape index (κ3) is 2.63. The number of nitrogens with one attached hydrogen (secondary N) is 1. The number of para-hydroxylation sites is 1. The summed E-state index contributed by atoms with van der Waals surface area (Å²) in [5, 5.41) is 14.7. The summed E-state index contributed by atoms with van der Waals surface area (Å²) in [6.45, 7) is 4.75. The molecule has 0 radical (unpaired) electrons. The summed E-state index contributed by atoms with van der Waals surface area (Å²) in [5.41, 5.74) is 2.30. The molecule has 0 saturated carbocycles. The van der Waals surface area contributed by atoms with Gasteiger partial charge in [0.25, 0.3) is 5.56 Å². The Morgan fingerprint density at radius 2 is 2.13 bits per heavy atom. The fourth-order valence-electron chi connectivity index (χ4n) is 2.89. The number of aryl methyl sites for hydroxylation is 1. The molecule has 120 valence electrons. The molecule has 0 bridgehead atoms. The van der Waals surface area contributed by atoms with Gasteiger partial charge in [-0.1, -0.05) is 19.1 Å². The van der Waals surface area contributed by atoms with Gasteiger partial charge in [-0.2, -0.15) is 0 Å². The maximum atomic E-state index is 12.8. The maximum absolute atomic E-state index is 12.8. The van der Waals surface area contributed by atoms with Crippen LogP contribution in [-0.2, 0) is 7.05 Å². The van der Waals surface area contributed by atoms with E-state index in [-0.39, 0.29) is 22.9 Å². The van der Waals surface area contributed by atoms with Crippen molar-refractivity contribution in [3.8, 4) is 5.75 Å². The average Bonchev–Trinajstić information content (AvgIpc) is 2.74. The van der Waals surface area contributed by atoms with Gasteiger partial charge >= 0.3 is 0 Å². The summed E-state index contributed by atoms with van der Waals surface area (Å²) >= 11 is 0. The number of fused-ring (bicyclic) bond motifs is 1. The van der Waals surface area contributed by atoms with Crippen LogP contribution >= 0.6 is 0 Å². The molecule has 1 aromatic carbocycles. The molecule has 0 unspecified atom stereocenters. The molecule has 2 N–H and O–H groups in total. The summed E-state index contributed by atoms with van der Waals surface area (Å²) < 4.78 is 1.56. The standard InChI is InChI=1S/C18H21N3O2/c1-4-12-9-14(20-11(2)10-19-12)16-17(22)13-7-5-6-8-15(13)21(3)18(16)23/h5-9,11,19,22H,4,10H2,1-3H3/t11-/m0/s1. The molecule has 3 rings (SSSR count). The van der Waals surface area contributed by atoms with E-state index in [1.54, 1.807) is 11.6 Å². The van der Waals surface area contributed by atoms with Crippen molar-refractivity contribution in [1.82, 2.24) is 9.88 Å². The molecule has 2 heterocycles. The minimum absolute atomic E-state index is 0.00301. The monoisotopic (exact) mass is 311 g/mol. The Hall–Kier alpha value is -2.56. The number of allylic oxidation sites excluding steroid dienone is 2. The first-order chi connectivity index (χ1) is 11.0. The van der Waals surface area contributed by atoms with Crippen LogP contribution in [0.25, 0.3) is 10.9 Å². The molecular weight excluding hydrogens is 290 g/mol. The van der Waals surface area contributed by atoms with E-state index in [0.717, 1.165) is 18.7 Å². The van der Waals surface area contributed by atoms with E-state index >= 15 is 0 Å². The first-order valence-electron chi connectivity index (χ1n) is 7.86. The van der Waals surface area contributed by atoms with Gasteiger partial charge in [0.15, 0.2) is 0 Å². The number of benzene rings is 1. The second-order valence-electron chi connectivity index (χ2n) is 5.87.